The molecule has 5 heteroatoms. The van der Waals surface area contributed by atoms with Crippen LogP contribution in [0.2, 0.25) is 0 Å². The number of nitrogen functional groups attached to an aromatic ring is 1. The van der Waals surface area contributed by atoms with Gasteiger partial charge in [0, 0.05) is 19.8 Å². The van der Waals surface area contributed by atoms with Gasteiger partial charge in [-0.25, -0.2) is 8.42 Å². The Kier molecular flexibility index (Phi) is 4.27. The Labute approximate surface area is 110 Å². The molecule has 0 aliphatic rings. The van der Waals surface area contributed by atoms with Crippen LogP contribution in [-0.4, -0.2) is 28.3 Å². The number of nitrogens with two attached hydrogens (primary N) is 1. The van der Waals surface area contributed by atoms with Crippen molar-refractivity contribution in [2.75, 3.05) is 30.5 Å². The van der Waals surface area contributed by atoms with Gasteiger partial charge in [0.25, 0.3) is 0 Å². The average Bonchev–Trinajstić information content (AvgIpc) is 2.18. The maximum Gasteiger partial charge on any atom is 0.180 e. The summed E-state index contributed by atoms with van der Waals surface area (Å²) in [7, 11) is 0.369. The highest BCUT2D eigenvalue weighted by Crippen LogP contribution is 2.30. The molecule has 0 aliphatic carbocycles. The van der Waals surface area contributed by atoms with Crippen molar-refractivity contribution in [3.05, 3.63) is 17.7 Å². The molecule has 0 amide bonds. The third kappa shape index (κ3) is 3.16. The lowest BCUT2D eigenvalue weighted by Gasteiger charge is -2.20. The van der Waals surface area contributed by atoms with Gasteiger partial charge in [0.1, 0.15) is 0 Å². The number of anilines is 2. The van der Waals surface area contributed by atoms with E-state index in [0.717, 1.165) is 5.56 Å². The van der Waals surface area contributed by atoms with Crippen molar-refractivity contribution in [1.29, 1.82) is 0 Å². The Morgan fingerprint density at radius 3 is 2.28 bits per heavy atom. The van der Waals surface area contributed by atoms with Crippen LogP contribution in [0, 0.1) is 12.8 Å². The van der Waals surface area contributed by atoms with E-state index in [1.807, 2.05) is 40.9 Å². The van der Waals surface area contributed by atoms with E-state index in [1.54, 1.807) is 11.0 Å². The topological polar surface area (TPSA) is 63.4 Å². The Morgan fingerprint density at radius 1 is 1.28 bits per heavy atom. The third-order valence-electron chi connectivity index (χ3n) is 2.72. The van der Waals surface area contributed by atoms with Crippen LogP contribution in [0.1, 0.15) is 19.4 Å². The second-order valence-electron chi connectivity index (χ2n) is 5.25. The number of rotatable bonds is 4. The van der Waals surface area contributed by atoms with Gasteiger partial charge >= 0.3 is 0 Å². The van der Waals surface area contributed by atoms with Gasteiger partial charge in [-0.2, -0.15) is 0 Å². The Balaban J connectivity index is 3.44. The van der Waals surface area contributed by atoms with Crippen LogP contribution in [0.15, 0.2) is 17.0 Å². The second-order valence-corrected chi connectivity index (χ2v) is 7.25. The fourth-order valence-electron chi connectivity index (χ4n) is 1.82. The quantitative estimate of drug-likeness (QED) is 0.851. The fourth-order valence-corrected chi connectivity index (χ4v) is 3.74. The van der Waals surface area contributed by atoms with Crippen LogP contribution in [0.4, 0.5) is 11.4 Å². The molecule has 18 heavy (non-hydrogen) atoms. The van der Waals surface area contributed by atoms with E-state index in [1.165, 1.54) is 0 Å². The van der Waals surface area contributed by atoms with Gasteiger partial charge in [0.15, 0.2) is 9.84 Å². The van der Waals surface area contributed by atoms with Gasteiger partial charge in [-0.15, -0.1) is 0 Å². The highest BCUT2D eigenvalue weighted by molar-refractivity contribution is 7.91. The van der Waals surface area contributed by atoms with Crippen molar-refractivity contribution in [3.63, 3.8) is 0 Å². The van der Waals surface area contributed by atoms with Crippen LogP contribution in [0.3, 0.4) is 0 Å². The average molecular weight is 270 g/mol. The molecule has 0 radical (unpaired) electrons. The summed E-state index contributed by atoms with van der Waals surface area (Å²) in [4.78, 5) is 2.13. The number of hydrogen-bond acceptors (Lipinski definition) is 4. The highest BCUT2D eigenvalue weighted by Gasteiger charge is 2.22. The second kappa shape index (κ2) is 5.18. The van der Waals surface area contributed by atoms with Gasteiger partial charge in [0.05, 0.1) is 16.3 Å². The molecule has 4 nitrogen and oxygen atoms in total. The molecule has 0 heterocycles. The molecule has 2 N–H and O–H groups in total. The van der Waals surface area contributed by atoms with Crippen molar-refractivity contribution < 1.29 is 8.42 Å². The lowest BCUT2D eigenvalue weighted by Crippen LogP contribution is -2.18. The lowest BCUT2D eigenvalue weighted by molar-refractivity contribution is 0.582. The van der Waals surface area contributed by atoms with Crippen molar-refractivity contribution in [2.24, 2.45) is 5.92 Å². The van der Waals surface area contributed by atoms with Crippen LogP contribution >= 0.6 is 0 Å². The molecule has 0 unspecified atom stereocenters. The first-order chi connectivity index (χ1) is 8.15. The van der Waals surface area contributed by atoms with Gasteiger partial charge in [-0.3, -0.25) is 0 Å². The zero-order chi connectivity index (χ0) is 14.1. The van der Waals surface area contributed by atoms with Gasteiger partial charge in [-0.1, -0.05) is 13.8 Å². The summed E-state index contributed by atoms with van der Waals surface area (Å²) >= 11 is 0. The molecule has 0 aromatic heterocycles. The summed E-state index contributed by atoms with van der Waals surface area (Å²) in [5.41, 5.74) is 7.94. The summed E-state index contributed by atoms with van der Waals surface area (Å²) < 4.78 is 24.7. The minimum absolute atomic E-state index is 0.0903. The molecule has 0 atom stereocenters. The van der Waals surface area contributed by atoms with E-state index in [4.69, 9.17) is 5.73 Å². The third-order valence-corrected chi connectivity index (χ3v) is 4.82. The normalized spacial score (nSPS) is 11.9. The predicted molar refractivity (Wildman–Crippen MR) is 76.8 cm³/mol. The number of hydrogen-bond donors (Lipinski definition) is 1. The molecule has 0 saturated heterocycles. The number of sulfone groups is 1. The molecule has 1 aromatic rings. The minimum Gasteiger partial charge on any atom is -0.398 e. The summed E-state index contributed by atoms with van der Waals surface area (Å²) in [6.45, 7) is 5.66. The standard InChI is InChI=1S/C13H22N2O2S/c1-9(2)8-18(16,17)13-7-11(14)10(3)6-12(13)15(4)5/h6-7,9H,8,14H2,1-5H3. The maximum absolute atomic E-state index is 12.3. The zero-order valence-electron chi connectivity index (χ0n) is 11.7. The molecule has 1 aromatic carbocycles. The molecule has 0 spiro atoms. The van der Waals surface area contributed by atoms with E-state index < -0.39 is 9.84 Å². The summed E-state index contributed by atoms with van der Waals surface area (Å²) in [5, 5.41) is 0. The largest absolute Gasteiger partial charge is 0.398 e. The van der Waals surface area contributed by atoms with Crippen molar-refractivity contribution >= 4 is 21.2 Å². The Morgan fingerprint density at radius 2 is 1.83 bits per heavy atom. The van der Waals surface area contributed by atoms with Crippen molar-refractivity contribution in [1.82, 2.24) is 0 Å². The molecule has 0 aliphatic heterocycles. The minimum atomic E-state index is -3.30. The first-order valence-corrected chi connectivity index (χ1v) is 7.60. The highest BCUT2D eigenvalue weighted by atomic mass is 32.2. The van der Waals surface area contributed by atoms with E-state index in [-0.39, 0.29) is 11.7 Å². The van der Waals surface area contributed by atoms with Crippen LogP contribution in [0.25, 0.3) is 0 Å². The number of aryl methyl sites for hydroxylation is 1. The fraction of sp³-hybridized carbons (Fsp3) is 0.538. The molecule has 0 fully saturated rings. The molecule has 1 rings (SSSR count). The summed E-state index contributed by atoms with van der Waals surface area (Å²) in [5.74, 6) is 0.226. The van der Waals surface area contributed by atoms with Gasteiger partial charge in [-0.05, 0) is 30.5 Å². The SMILES string of the molecule is Cc1cc(N(C)C)c(S(=O)(=O)CC(C)C)cc1N. The monoisotopic (exact) mass is 270 g/mol. The first kappa shape index (κ1) is 14.8. The Bertz CT molecular complexity index is 534. The molecule has 0 saturated carbocycles. The summed E-state index contributed by atoms with van der Waals surface area (Å²) in [6.07, 6.45) is 0. The summed E-state index contributed by atoms with van der Waals surface area (Å²) in [6, 6.07) is 3.39. The molecule has 102 valence electrons. The van der Waals surface area contributed by atoms with Crippen LogP contribution in [-0.2, 0) is 9.84 Å². The molecule has 0 bridgehead atoms. The van der Waals surface area contributed by atoms with Gasteiger partial charge in [0.2, 0.25) is 0 Å². The van der Waals surface area contributed by atoms with Gasteiger partial charge < -0.3 is 10.6 Å². The van der Waals surface area contributed by atoms with E-state index in [0.29, 0.717) is 16.3 Å². The zero-order valence-corrected chi connectivity index (χ0v) is 12.5. The smallest absolute Gasteiger partial charge is 0.180 e. The van der Waals surface area contributed by atoms with Crippen molar-refractivity contribution in [2.45, 2.75) is 25.7 Å². The van der Waals surface area contributed by atoms with E-state index in [9.17, 15) is 8.42 Å². The number of benzene rings is 1. The van der Waals surface area contributed by atoms with E-state index >= 15 is 0 Å². The first-order valence-electron chi connectivity index (χ1n) is 5.95. The predicted octanol–water partition coefficient (Wildman–Crippen LogP) is 2.07. The Hall–Kier alpha value is -1.23. The maximum atomic E-state index is 12.3. The van der Waals surface area contributed by atoms with Crippen LogP contribution < -0.4 is 10.6 Å². The van der Waals surface area contributed by atoms with E-state index in [2.05, 4.69) is 0 Å². The molecular formula is C13H22N2O2S. The molecular weight excluding hydrogens is 248 g/mol. The lowest BCUT2D eigenvalue weighted by atomic mass is 10.2. The van der Waals surface area contributed by atoms with Crippen LogP contribution in [0.5, 0.6) is 0 Å². The van der Waals surface area contributed by atoms with Crippen molar-refractivity contribution in [3.8, 4) is 0 Å². The number of nitrogens with zero attached hydrogens (tertiary/aromatic N) is 1.